The van der Waals surface area contributed by atoms with Gasteiger partial charge in [-0.25, -0.2) is 12.5 Å². The highest BCUT2D eigenvalue weighted by Crippen LogP contribution is 2.65. The van der Waals surface area contributed by atoms with E-state index in [0.29, 0.717) is 6.61 Å². The molecule has 1 aliphatic rings. The smallest absolute Gasteiger partial charge is 0.286 e. The summed E-state index contributed by atoms with van der Waals surface area (Å²) in [5, 5.41) is 0. The van der Waals surface area contributed by atoms with Gasteiger partial charge >= 0.3 is 7.82 Å². The van der Waals surface area contributed by atoms with Crippen LogP contribution >= 0.6 is 39.8 Å². The topological polar surface area (TPSA) is 44.8 Å². The van der Waals surface area contributed by atoms with Gasteiger partial charge in [-0.2, -0.15) is 0 Å². The molecule has 0 unspecified atom stereocenters. The molecule has 1 heterocycles. The molecular formula is C18H35O4PS3. The Kier molecular flexibility index (Phi) is 17.2. The van der Waals surface area contributed by atoms with Gasteiger partial charge in [-0.15, -0.1) is 0 Å². The maximum absolute atomic E-state index is 11.9. The van der Waals surface area contributed by atoms with Crippen LogP contribution in [0.1, 0.15) is 96.8 Å². The minimum absolute atomic E-state index is 0.435. The quantitative estimate of drug-likeness (QED) is 0.0731. The Morgan fingerprint density at radius 3 is 1.85 bits per heavy atom. The van der Waals surface area contributed by atoms with E-state index in [2.05, 4.69) is 19.1 Å². The van der Waals surface area contributed by atoms with Gasteiger partial charge < -0.3 is 0 Å². The molecule has 0 aromatic heterocycles. The van der Waals surface area contributed by atoms with Crippen LogP contribution in [0, 0.1) is 0 Å². The number of rotatable bonds is 17. The van der Waals surface area contributed by atoms with E-state index in [4.69, 9.17) is 12.5 Å². The SMILES string of the molecule is CCCCCCCC/C=C\CCCCCCCCOP1(=O)OSSSO1. The zero-order valence-electron chi connectivity index (χ0n) is 16.1. The zero-order chi connectivity index (χ0) is 18.8. The molecule has 1 rings (SSSR count). The Morgan fingerprint density at radius 1 is 0.769 bits per heavy atom. The number of allylic oxidation sites excluding steroid dienone is 2. The highest BCUT2D eigenvalue weighted by molar-refractivity contribution is 9.08. The summed E-state index contributed by atoms with van der Waals surface area (Å²) in [7, 11) is -2.01. The van der Waals surface area contributed by atoms with E-state index in [0.717, 1.165) is 35.0 Å². The normalized spacial score (nSPS) is 17.1. The third kappa shape index (κ3) is 14.9. The molecule has 26 heavy (non-hydrogen) atoms. The molecule has 4 nitrogen and oxygen atoms in total. The molecule has 1 aliphatic heterocycles. The fourth-order valence-electron chi connectivity index (χ4n) is 2.69. The van der Waals surface area contributed by atoms with Crippen molar-refractivity contribution < 1.29 is 17.0 Å². The highest BCUT2D eigenvalue weighted by atomic mass is 33.5. The first-order valence-corrected chi connectivity index (χ1v) is 14.8. The lowest BCUT2D eigenvalue weighted by Crippen LogP contribution is -1.96. The predicted molar refractivity (Wildman–Crippen MR) is 118 cm³/mol. The summed E-state index contributed by atoms with van der Waals surface area (Å²) >= 11 is 2.10. The van der Waals surface area contributed by atoms with Crippen LogP contribution in [0.3, 0.4) is 0 Å². The molecule has 1 saturated heterocycles. The fraction of sp³-hybridized carbons (Fsp3) is 0.889. The minimum atomic E-state index is -3.31. The molecule has 0 amide bonds. The largest absolute Gasteiger partial charge is 0.498 e. The molecular weight excluding hydrogens is 407 g/mol. The third-order valence-corrected chi connectivity index (χ3v) is 9.19. The summed E-state index contributed by atoms with van der Waals surface area (Å²) in [6.45, 7) is 2.70. The second kappa shape index (κ2) is 18.0. The number of hydrogen-bond donors (Lipinski definition) is 0. The molecule has 154 valence electrons. The van der Waals surface area contributed by atoms with Crippen molar-refractivity contribution in [3.8, 4) is 0 Å². The van der Waals surface area contributed by atoms with E-state index in [1.165, 1.54) is 86.9 Å². The predicted octanol–water partition coefficient (Wildman–Crippen LogP) is 9.05. The van der Waals surface area contributed by atoms with Crippen molar-refractivity contribution in [3.63, 3.8) is 0 Å². The molecule has 0 atom stereocenters. The first-order valence-electron chi connectivity index (χ1n) is 10.0. The van der Waals surface area contributed by atoms with Crippen LogP contribution in [0.5, 0.6) is 0 Å². The lowest BCUT2D eigenvalue weighted by molar-refractivity contribution is 0.222. The second-order valence-corrected chi connectivity index (χ2v) is 11.8. The van der Waals surface area contributed by atoms with Crippen molar-refractivity contribution in [2.24, 2.45) is 0 Å². The van der Waals surface area contributed by atoms with Crippen molar-refractivity contribution in [3.05, 3.63) is 12.2 Å². The van der Waals surface area contributed by atoms with Crippen LogP contribution in [0.15, 0.2) is 12.2 Å². The lowest BCUT2D eigenvalue weighted by atomic mass is 10.1. The number of hydrogen-bond acceptors (Lipinski definition) is 7. The summed E-state index contributed by atoms with van der Waals surface area (Å²) in [5.41, 5.74) is 0. The number of phosphoric acid groups is 1. The molecule has 0 spiro atoms. The van der Waals surface area contributed by atoms with Crippen molar-refractivity contribution in [2.75, 3.05) is 6.61 Å². The van der Waals surface area contributed by atoms with Crippen LogP contribution in [-0.4, -0.2) is 6.61 Å². The van der Waals surface area contributed by atoms with E-state index in [9.17, 15) is 4.57 Å². The van der Waals surface area contributed by atoms with Gasteiger partial charge in [-0.05, 0) is 32.1 Å². The lowest BCUT2D eigenvalue weighted by Gasteiger charge is -2.17. The Bertz CT molecular complexity index is 387. The van der Waals surface area contributed by atoms with E-state index in [-0.39, 0.29) is 0 Å². The monoisotopic (exact) mass is 442 g/mol. The molecule has 0 aliphatic carbocycles. The molecule has 8 heteroatoms. The molecule has 1 fully saturated rings. The summed E-state index contributed by atoms with van der Waals surface area (Å²) in [4.78, 5) is 0. The standard InChI is InChI=1S/C18H35O4PS3/c1-2-3-4-5-6-7-8-9-10-11-12-13-14-15-16-17-18-20-23(19)21-24-26-25-22-23/h9-10H,2-8,11-18H2,1H3/b10-9-. The molecule has 0 aromatic carbocycles. The van der Waals surface area contributed by atoms with E-state index < -0.39 is 7.82 Å². The molecule has 0 bridgehead atoms. The average molecular weight is 443 g/mol. The van der Waals surface area contributed by atoms with Gasteiger partial charge in [0.15, 0.2) is 0 Å². The Labute approximate surface area is 172 Å². The van der Waals surface area contributed by atoms with Gasteiger partial charge in [0.1, 0.15) is 0 Å². The molecule has 0 radical (unpaired) electrons. The Morgan fingerprint density at radius 2 is 1.27 bits per heavy atom. The number of unbranched alkanes of at least 4 members (excludes halogenated alkanes) is 12. The average Bonchev–Trinajstić information content (AvgIpc) is 2.65. The Hall–Kier alpha value is 0.900. The minimum Gasteiger partial charge on any atom is -0.286 e. The van der Waals surface area contributed by atoms with Crippen molar-refractivity contribution >= 4 is 39.8 Å². The van der Waals surface area contributed by atoms with Crippen LogP contribution in [0.4, 0.5) is 0 Å². The fourth-order valence-corrected chi connectivity index (χ4v) is 7.93. The summed E-state index contributed by atoms with van der Waals surface area (Å²) in [6.07, 6.45) is 22.5. The molecule has 0 aromatic rings. The van der Waals surface area contributed by atoms with Gasteiger partial charge in [-0.1, -0.05) is 76.9 Å². The first-order chi connectivity index (χ1) is 12.8. The maximum atomic E-state index is 11.9. The van der Waals surface area contributed by atoms with Gasteiger partial charge in [-0.3, -0.25) is 4.52 Å². The molecule has 0 N–H and O–H groups in total. The van der Waals surface area contributed by atoms with E-state index in [1.807, 2.05) is 0 Å². The van der Waals surface area contributed by atoms with Crippen molar-refractivity contribution in [1.29, 1.82) is 0 Å². The summed E-state index contributed by atoms with van der Waals surface area (Å²) in [5.74, 6) is 0. The van der Waals surface area contributed by atoms with Crippen LogP contribution in [0.2, 0.25) is 0 Å². The molecule has 0 saturated carbocycles. The van der Waals surface area contributed by atoms with E-state index >= 15 is 0 Å². The van der Waals surface area contributed by atoms with Crippen LogP contribution < -0.4 is 0 Å². The van der Waals surface area contributed by atoms with Gasteiger partial charge in [0.2, 0.25) is 0 Å². The second-order valence-electron chi connectivity index (χ2n) is 6.57. The van der Waals surface area contributed by atoms with Gasteiger partial charge in [0.25, 0.3) is 0 Å². The third-order valence-electron chi connectivity index (χ3n) is 4.20. The first kappa shape index (κ1) is 24.9. The summed E-state index contributed by atoms with van der Waals surface area (Å²) < 4.78 is 27.0. The van der Waals surface area contributed by atoms with Crippen molar-refractivity contribution in [2.45, 2.75) is 96.8 Å². The zero-order valence-corrected chi connectivity index (χ0v) is 19.4. The van der Waals surface area contributed by atoms with Gasteiger partial charge in [0.05, 0.1) is 28.8 Å². The van der Waals surface area contributed by atoms with E-state index in [1.54, 1.807) is 0 Å². The Balaban J connectivity index is 1.76. The summed E-state index contributed by atoms with van der Waals surface area (Å²) in [6, 6.07) is 0. The van der Waals surface area contributed by atoms with Crippen LogP contribution in [0.25, 0.3) is 0 Å². The van der Waals surface area contributed by atoms with Crippen molar-refractivity contribution in [1.82, 2.24) is 0 Å². The maximum Gasteiger partial charge on any atom is 0.498 e. The van der Waals surface area contributed by atoms with Gasteiger partial charge in [0, 0.05) is 9.83 Å². The van der Waals surface area contributed by atoms with Crippen LogP contribution in [-0.2, 0) is 17.0 Å². The highest BCUT2D eigenvalue weighted by Gasteiger charge is 2.32.